The Morgan fingerprint density at radius 2 is 1.73 bits per heavy atom. The maximum Gasteiger partial charge on any atom is 0.253 e. The zero-order chi connectivity index (χ0) is 18.9. The highest BCUT2D eigenvalue weighted by Gasteiger charge is 2.08. The number of nitrogens with one attached hydrogen (secondary N) is 1. The average molecular weight is 354 g/mol. The lowest BCUT2D eigenvalue weighted by atomic mass is 10.1. The number of ether oxygens (including phenoxy) is 1. The van der Waals surface area contributed by atoms with E-state index in [4.69, 9.17) is 4.74 Å². The fourth-order valence-corrected chi connectivity index (χ4v) is 2.59. The lowest BCUT2D eigenvalue weighted by Gasteiger charge is -2.10. The van der Waals surface area contributed by atoms with Crippen LogP contribution in [0.4, 0.5) is 0 Å². The monoisotopic (exact) mass is 354 g/mol. The molecule has 5 nitrogen and oxygen atoms in total. The molecule has 0 saturated heterocycles. The summed E-state index contributed by atoms with van der Waals surface area (Å²) in [5, 5.41) is 2.94. The van der Waals surface area contributed by atoms with Gasteiger partial charge < -0.3 is 15.0 Å². The summed E-state index contributed by atoms with van der Waals surface area (Å²) in [5.74, 6) is 0.832. The van der Waals surface area contributed by atoms with E-state index in [0.29, 0.717) is 24.9 Å². The molecule has 0 atom stereocenters. The third-order valence-electron chi connectivity index (χ3n) is 4.12. The van der Waals surface area contributed by atoms with Crippen LogP contribution in [-0.2, 0) is 17.6 Å². The highest BCUT2D eigenvalue weighted by Crippen LogP contribution is 2.12. The number of rotatable bonds is 8. The van der Waals surface area contributed by atoms with Crippen molar-refractivity contribution in [3.8, 4) is 5.75 Å². The lowest BCUT2D eigenvalue weighted by Crippen LogP contribution is -2.25. The first-order valence-corrected chi connectivity index (χ1v) is 8.70. The van der Waals surface area contributed by atoms with Crippen LogP contribution in [-0.4, -0.2) is 44.5 Å². The molecule has 1 N–H and O–H groups in total. The number of nitrogens with zero attached hydrogens (tertiary/aromatic N) is 1. The van der Waals surface area contributed by atoms with E-state index in [0.717, 1.165) is 23.3 Å². The van der Waals surface area contributed by atoms with Crippen molar-refractivity contribution < 1.29 is 14.3 Å². The van der Waals surface area contributed by atoms with E-state index in [-0.39, 0.29) is 11.8 Å². The van der Waals surface area contributed by atoms with Crippen LogP contribution in [0.2, 0.25) is 0 Å². The molecule has 0 aliphatic carbocycles. The highest BCUT2D eigenvalue weighted by molar-refractivity contribution is 5.93. The molecule has 0 fully saturated rings. The fraction of sp³-hybridized carbons (Fsp3) is 0.333. The molecule has 138 valence electrons. The van der Waals surface area contributed by atoms with Crippen molar-refractivity contribution in [3.05, 3.63) is 65.2 Å². The average Bonchev–Trinajstić information content (AvgIpc) is 2.66. The zero-order valence-corrected chi connectivity index (χ0v) is 15.6. The van der Waals surface area contributed by atoms with E-state index in [2.05, 4.69) is 5.32 Å². The first kappa shape index (κ1) is 19.5. The van der Waals surface area contributed by atoms with Crippen LogP contribution in [0.1, 0.15) is 27.9 Å². The van der Waals surface area contributed by atoms with Crippen LogP contribution in [0.15, 0.2) is 48.5 Å². The van der Waals surface area contributed by atoms with Gasteiger partial charge in [0.2, 0.25) is 5.91 Å². The van der Waals surface area contributed by atoms with Crippen LogP contribution in [0, 0.1) is 0 Å². The van der Waals surface area contributed by atoms with E-state index < -0.39 is 0 Å². The summed E-state index contributed by atoms with van der Waals surface area (Å²) in [4.78, 5) is 25.4. The van der Waals surface area contributed by atoms with Gasteiger partial charge in [-0.05, 0) is 48.2 Å². The van der Waals surface area contributed by atoms with Gasteiger partial charge in [-0.2, -0.15) is 0 Å². The number of carbonyl (C=O) groups is 2. The molecular weight excluding hydrogens is 328 g/mol. The van der Waals surface area contributed by atoms with Crippen LogP contribution < -0.4 is 10.1 Å². The molecule has 0 saturated carbocycles. The summed E-state index contributed by atoms with van der Waals surface area (Å²) in [7, 11) is 5.10. The maximum atomic E-state index is 12.0. The molecule has 0 heterocycles. The topological polar surface area (TPSA) is 58.6 Å². The Balaban J connectivity index is 1.73. The Bertz CT molecular complexity index is 739. The van der Waals surface area contributed by atoms with Crippen molar-refractivity contribution in [2.24, 2.45) is 0 Å². The summed E-state index contributed by atoms with van der Waals surface area (Å²) in [6, 6.07) is 15.3. The third-order valence-corrected chi connectivity index (χ3v) is 4.12. The number of carbonyl (C=O) groups excluding carboxylic acids is 2. The largest absolute Gasteiger partial charge is 0.497 e. The SMILES string of the molecule is COc1cccc(CCNC(=O)CCc2ccc(C(=O)N(C)C)cc2)c1. The number of amides is 2. The second kappa shape index (κ2) is 9.61. The van der Waals surface area contributed by atoms with Crippen molar-refractivity contribution in [1.29, 1.82) is 0 Å². The van der Waals surface area contributed by atoms with Crippen LogP contribution in [0.5, 0.6) is 5.75 Å². The summed E-state index contributed by atoms with van der Waals surface area (Å²) in [6.07, 6.45) is 1.85. The minimum atomic E-state index is -0.0214. The van der Waals surface area contributed by atoms with E-state index in [1.165, 1.54) is 0 Å². The number of methoxy groups -OCH3 is 1. The van der Waals surface area contributed by atoms with Gasteiger partial charge in [-0.3, -0.25) is 9.59 Å². The second-order valence-electron chi connectivity index (χ2n) is 6.35. The minimum Gasteiger partial charge on any atom is -0.497 e. The number of hydrogen-bond acceptors (Lipinski definition) is 3. The molecule has 0 aliphatic heterocycles. The molecule has 2 aromatic carbocycles. The van der Waals surface area contributed by atoms with Crippen molar-refractivity contribution in [2.75, 3.05) is 27.7 Å². The van der Waals surface area contributed by atoms with E-state index >= 15 is 0 Å². The zero-order valence-electron chi connectivity index (χ0n) is 15.6. The molecule has 5 heteroatoms. The number of hydrogen-bond donors (Lipinski definition) is 1. The normalized spacial score (nSPS) is 10.3. The van der Waals surface area contributed by atoms with E-state index in [1.807, 2.05) is 36.4 Å². The third kappa shape index (κ3) is 5.92. The predicted molar refractivity (Wildman–Crippen MR) is 102 cm³/mol. The predicted octanol–water partition coefficient (Wildman–Crippen LogP) is 2.69. The van der Waals surface area contributed by atoms with Gasteiger partial charge in [-0.15, -0.1) is 0 Å². The highest BCUT2D eigenvalue weighted by atomic mass is 16.5. The van der Waals surface area contributed by atoms with Gasteiger partial charge >= 0.3 is 0 Å². The maximum absolute atomic E-state index is 12.0. The minimum absolute atomic E-state index is 0.0214. The Labute approximate surface area is 155 Å². The molecule has 2 amide bonds. The molecule has 0 radical (unpaired) electrons. The molecule has 0 unspecified atom stereocenters. The lowest BCUT2D eigenvalue weighted by molar-refractivity contribution is -0.121. The van der Waals surface area contributed by atoms with Gasteiger partial charge in [0.1, 0.15) is 5.75 Å². The van der Waals surface area contributed by atoms with Gasteiger partial charge in [-0.25, -0.2) is 0 Å². The van der Waals surface area contributed by atoms with Crippen LogP contribution >= 0.6 is 0 Å². The summed E-state index contributed by atoms with van der Waals surface area (Å²) in [6.45, 7) is 0.599. The Kier molecular flexibility index (Phi) is 7.21. The van der Waals surface area contributed by atoms with Crippen molar-refractivity contribution in [2.45, 2.75) is 19.3 Å². The number of benzene rings is 2. The first-order valence-electron chi connectivity index (χ1n) is 8.70. The summed E-state index contributed by atoms with van der Waals surface area (Å²) < 4.78 is 5.19. The van der Waals surface area contributed by atoms with E-state index in [9.17, 15) is 9.59 Å². The van der Waals surface area contributed by atoms with Crippen LogP contribution in [0.3, 0.4) is 0 Å². The Morgan fingerprint density at radius 3 is 2.38 bits per heavy atom. The molecule has 0 aliphatic rings. The number of aryl methyl sites for hydroxylation is 1. The van der Waals surface area contributed by atoms with Crippen molar-refractivity contribution in [1.82, 2.24) is 10.2 Å². The summed E-state index contributed by atoms with van der Waals surface area (Å²) >= 11 is 0. The Morgan fingerprint density at radius 1 is 1.00 bits per heavy atom. The van der Waals surface area contributed by atoms with Gasteiger partial charge in [0.15, 0.2) is 0 Å². The quantitative estimate of drug-likeness (QED) is 0.793. The molecular formula is C21H26N2O3. The van der Waals surface area contributed by atoms with Crippen LogP contribution in [0.25, 0.3) is 0 Å². The van der Waals surface area contributed by atoms with Gasteiger partial charge in [-0.1, -0.05) is 24.3 Å². The second-order valence-corrected chi connectivity index (χ2v) is 6.35. The van der Waals surface area contributed by atoms with Crippen molar-refractivity contribution in [3.63, 3.8) is 0 Å². The van der Waals surface area contributed by atoms with Gasteiger partial charge in [0.05, 0.1) is 7.11 Å². The molecule has 0 bridgehead atoms. The first-order chi connectivity index (χ1) is 12.5. The standard InChI is InChI=1S/C21H26N2O3/c1-23(2)21(25)18-10-7-16(8-11-18)9-12-20(24)22-14-13-17-5-4-6-19(15-17)26-3/h4-8,10-11,15H,9,12-14H2,1-3H3,(H,22,24). The van der Waals surface area contributed by atoms with Crippen molar-refractivity contribution >= 4 is 11.8 Å². The fourth-order valence-electron chi connectivity index (χ4n) is 2.59. The van der Waals surface area contributed by atoms with Gasteiger partial charge in [0.25, 0.3) is 5.91 Å². The molecule has 0 aromatic heterocycles. The molecule has 0 spiro atoms. The molecule has 2 aromatic rings. The van der Waals surface area contributed by atoms with Gasteiger partial charge in [0, 0.05) is 32.6 Å². The summed E-state index contributed by atoms with van der Waals surface area (Å²) in [5.41, 5.74) is 2.83. The smallest absolute Gasteiger partial charge is 0.253 e. The molecule has 26 heavy (non-hydrogen) atoms. The van der Waals surface area contributed by atoms with E-state index in [1.54, 1.807) is 38.2 Å². The molecule has 2 rings (SSSR count). The Hall–Kier alpha value is -2.82.